The van der Waals surface area contributed by atoms with Gasteiger partial charge < -0.3 is 9.47 Å². The van der Waals surface area contributed by atoms with E-state index in [0.717, 1.165) is 9.79 Å². The van der Waals surface area contributed by atoms with E-state index in [9.17, 15) is 9.59 Å². The fourth-order valence-electron chi connectivity index (χ4n) is 1.79. The first-order valence-corrected chi connectivity index (χ1v) is 7.01. The first-order chi connectivity index (χ1) is 10.2. The van der Waals surface area contributed by atoms with E-state index in [2.05, 4.69) is 0 Å². The van der Waals surface area contributed by atoms with Gasteiger partial charge in [0.1, 0.15) is 0 Å². The van der Waals surface area contributed by atoms with Crippen LogP contribution in [-0.4, -0.2) is 26.2 Å². The molecule has 0 aliphatic carbocycles. The van der Waals surface area contributed by atoms with Crippen LogP contribution >= 0.6 is 11.8 Å². The molecule has 0 aliphatic heterocycles. The molecule has 0 radical (unpaired) electrons. The van der Waals surface area contributed by atoms with Gasteiger partial charge in [-0.15, -0.1) is 0 Å². The monoisotopic (exact) mass is 302 g/mol. The van der Waals surface area contributed by atoms with Gasteiger partial charge in [-0.05, 0) is 24.3 Å². The number of esters is 2. The van der Waals surface area contributed by atoms with Crippen LogP contribution in [0.3, 0.4) is 0 Å². The summed E-state index contributed by atoms with van der Waals surface area (Å²) in [6.07, 6.45) is 0. The molecule has 0 saturated heterocycles. The fraction of sp³-hybridized carbons (Fsp3) is 0.125. The molecule has 0 unspecified atom stereocenters. The lowest BCUT2D eigenvalue weighted by atomic mass is 10.2. The van der Waals surface area contributed by atoms with Crippen molar-refractivity contribution in [3.8, 4) is 0 Å². The average molecular weight is 302 g/mol. The van der Waals surface area contributed by atoms with Crippen molar-refractivity contribution in [3.63, 3.8) is 0 Å². The SMILES string of the molecule is COC(=O)c1ccccc1Sc1ccccc1C(=O)OC. The summed E-state index contributed by atoms with van der Waals surface area (Å²) < 4.78 is 9.54. The van der Waals surface area contributed by atoms with Gasteiger partial charge in [-0.3, -0.25) is 0 Å². The van der Waals surface area contributed by atoms with E-state index < -0.39 is 11.9 Å². The smallest absolute Gasteiger partial charge is 0.339 e. The Morgan fingerprint density at radius 1 is 0.762 bits per heavy atom. The second-order valence-corrected chi connectivity index (χ2v) is 5.16. The molecular formula is C16H14O4S. The molecule has 2 rings (SSSR count). The maximum Gasteiger partial charge on any atom is 0.339 e. The van der Waals surface area contributed by atoms with Gasteiger partial charge in [-0.1, -0.05) is 36.0 Å². The van der Waals surface area contributed by atoms with Crippen molar-refractivity contribution < 1.29 is 19.1 Å². The van der Waals surface area contributed by atoms with Gasteiger partial charge in [-0.2, -0.15) is 0 Å². The zero-order valence-electron chi connectivity index (χ0n) is 11.7. The molecule has 2 aromatic carbocycles. The second-order valence-electron chi connectivity index (χ2n) is 4.08. The van der Waals surface area contributed by atoms with Gasteiger partial charge in [0.25, 0.3) is 0 Å². The minimum atomic E-state index is -0.409. The molecule has 2 aromatic rings. The standard InChI is InChI=1S/C16H14O4S/c1-19-15(17)11-7-3-5-9-13(11)21-14-10-6-4-8-12(14)16(18)20-2/h3-10H,1-2H3. The van der Waals surface area contributed by atoms with Crippen LogP contribution in [0.1, 0.15) is 20.7 Å². The van der Waals surface area contributed by atoms with Crippen LogP contribution in [0.15, 0.2) is 58.3 Å². The fourth-order valence-corrected chi connectivity index (χ4v) is 2.84. The number of rotatable bonds is 4. The second kappa shape index (κ2) is 6.95. The van der Waals surface area contributed by atoms with E-state index in [1.165, 1.54) is 26.0 Å². The molecule has 0 aliphatic rings. The lowest BCUT2D eigenvalue weighted by molar-refractivity contribution is 0.0589. The highest BCUT2D eigenvalue weighted by Crippen LogP contribution is 2.33. The number of ether oxygens (including phenoxy) is 2. The molecule has 4 nitrogen and oxygen atoms in total. The highest BCUT2D eigenvalue weighted by Gasteiger charge is 2.16. The van der Waals surface area contributed by atoms with Crippen molar-refractivity contribution in [2.24, 2.45) is 0 Å². The number of carbonyl (C=O) groups is 2. The predicted molar refractivity (Wildman–Crippen MR) is 79.7 cm³/mol. The van der Waals surface area contributed by atoms with Crippen LogP contribution in [0.4, 0.5) is 0 Å². The molecule has 0 bridgehead atoms. The first-order valence-electron chi connectivity index (χ1n) is 6.20. The van der Waals surface area contributed by atoms with Crippen LogP contribution in [0.2, 0.25) is 0 Å². The summed E-state index contributed by atoms with van der Waals surface area (Å²) in [4.78, 5) is 25.0. The Labute approximate surface area is 127 Å². The number of hydrogen-bond acceptors (Lipinski definition) is 5. The van der Waals surface area contributed by atoms with Gasteiger partial charge in [0.2, 0.25) is 0 Å². The van der Waals surface area contributed by atoms with Crippen LogP contribution in [0.25, 0.3) is 0 Å². The zero-order valence-corrected chi connectivity index (χ0v) is 12.5. The summed E-state index contributed by atoms with van der Waals surface area (Å²) in [5.74, 6) is -0.817. The van der Waals surface area contributed by atoms with Crippen LogP contribution in [-0.2, 0) is 9.47 Å². The molecule has 0 N–H and O–H groups in total. The van der Waals surface area contributed by atoms with Crippen molar-refractivity contribution in [1.29, 1.82) is 0 Å². The maximum absolute atomic E-state index is 11.8. The zero-order chi connectivity index (χ0) is 15.2. The molecule has 0 saturated carbocycles. The van der Waals surface area contributed by atoms with Crippen LogP contribution in [0, 0.1) is 0 Å². The molecule has 0 heterocycles. The summed E-state index contributed by atoms with van der Waals surface area (Å²) in [5, 5.41) is 0. The lowest BCUT2D eigenvalue weighted by Crippen LogP contribution is -2.04. The molecule has 108 valence electrons. The quantitative estimate of drug-likeness (QED) is 0.810. The summed E-state index contributed by atoms with van der Waals surface area (Å²) in [7, 11) is 2.68. The maximum atomic E-state index is 11.8. The number of benzene rings is 2. The van der Waals surface area contributed by atoms with Gasteiger partial charge in [0, 0.05) is 9.79 Å². The molecule has 0 spiro atoms. The minimum absolute atomic E-state index is 0.409. The van der Waals surface area contributed by atoms with Crippen LogP contribution < -0.4 is 0 Å². The predicted octanol–water partition coefficient (Wildman–Crippen LogP) is 3.41. The first kappa shape index (κ1) is 15.1. The van der Waals surface area contributed by atoms with Gasteiger partial charge in [0.05, 0.1) is 25.3 Å². The van der Waals surface area contributed by atoms with Crippen molar-refractivity contribution >= 4 is 23.7 Å². The summed E-state index contributed by atoms with van der Waals surface area (Å²) in [6, 6.07) is 14.2. The van der Waals surface area contributed by atoms with Crippen molar-refractivity contribution in [3.05, 3.63) is 59.7 Å². The molecule has 0 atom stereocenters. The summed E-state index contributed by atoms with van der Waals surface area (Å²) in [5.41, 5.74) is 0.925. The Balaban J connectivity index is 2.40. The number of carbonyl (C=O) groups excluding carboxylic acids is 2. The van der Waals surface area contributed by atoms with Crippen molar-refractivity contribution in [2.45, 2.75) is 9.79 Å². The van der Waals surface area contributed by atoms with Crippen molar-refractivity contribution in [2.75, 3.05) is 14.2 Å². The average Bonchev–Trinajstić information content (AvgIpc) is 2.54. The van der Waals surface area contributed by atoms with Gasteiger partial charge in [0.15, 0.2) is 0 Å². The van der Waals surface area contributed by atoms with E-state index in [4.69, 9.17) is 9.47 Å². The molecule has 0 amide bonds. The molecule has 0 fully saturated rings. The Morgan fingerprint density at radius 2 is 1.14 bits per heavy atom. The third-order valence-electron chi connectivity index (χ3n) is 2.80. The van der Waals surface area contributed by atoms with E-state index in [-0.39, 0.29) is 0 Å². The summed E-state index contributed by atoms with van der Waals surface area (Å²) >= 11 is 1.33. The molecular weight excluding hydrogens is 288 g/mol. The minimum Gasteiger partial charge on any atom is -0.465 e. The highest BCUT2D eigenvalue weighted by molar-refractivity contribution is 7.99. The lowest BCUT2D eigenvalue weighted by Gasteiger charge is -2.10. The normalized spacial score (nSPS) is 10.0. The van der Waals surface area contributed by atoms with E-state index >= 15 is 0 Å². The van der Waals surface area contributed by atoms with Crippen LogP contribution in [0.5, 0.6) is 0 Å². The molecule has 0 aromatic heterocycles. The summed E-state index contributed by atoms with van der Waals surface area (Å²) in [6.45, 7) is 0. The highest BCUT2D eigenvalue weighted by atomic mass is 32.2. The third-order valence-corrected chi connectivity index (χ3v) is 3.96. The van der Waals surface area contributed by atoms with E-state index in [1.54, 1.807) is 24.3 Å². The Hall–Kier alpha value is -2.27. The van der Waals surface area contributed by atoms with E-state index in [1.807, 2.05) is 24.3 Å². The Morgan fingerprint density at radius 3 is 1.52 bits per heavy atom. The van der Waals surface area contributed by atoms with Gasteiger partial charge in [-0.25, -0.2) is 9.59 Å². The van der Waals surface area contributed by atoms with Crippen molar-refractivity contribution in [1.82, 2.24) is 0 Å². The number of methoxy groups -OCH3 is 2. The Bertz CT molecular complexity index is 609. The third kappa shape index (κ3) is 3.44. The molecule has 21 heavy (non-hydrogen) atoms. The topological polar surface area (TPSA) is 52.6 Å². The Kier molecular flexibility index (Phi) is 5.00. The largest absolute Gasteiger partial charge is 0.465 e. The number of hydrogen-bond donors (Lipinski definition) is 0. The van der Waals surface area contributed by atoms with E-state index in [0.29, 0.717) is 11.1 Å². The van der Waals surface area contributed by atoms with Gasteiger partial charge >= 0.3 is 11.9 Å². The molecule has 5 heteroatoms.